The van der Waals surface area contributed by atoms with Gasteiger partial charge in [-0.15, -0.1) is 0 Å². The minimum Gasteiger partial charge on any atom is -0.426 e. The fourth-order valence-corrected chi connectivity index (χ4v) is 2.33. The van der Waals surface area contributed by atoms with Crippen molar-refractivity contribution < 1.29 is 18.4 Å². The van der Waals surface area contributed by atoms with Crippen LogP contribution in [0.5, 0.6) is 11.7 Å². The molecule has 1 unspecified atom stereocenters. The molecule has 2 aromatic heterocycles. The molecule has 1 atom stereocenters. The van der Waals surface area contributed by atoms with E-state index in [-0.39, 0.29) is 5.92 Å². The van der Waals surface area contributed by atoms with Crippen LogP contribution in [-0.4, -0.2) is 23.4 Å². The summed E-state index contributed by atoms with van der Waals surface area (Å²) in [6.07, 6.45) is 0.916. The first-order valence-electron chi connectivity index (χ1n) is 7.13. The molecule has 1 aliphatic heterocycles. The summed E-state index contributed by atoms with van der Waals surface area (Å²) in [5.41, 5.74) is 0. The van der Waals surface area contributed by atoms with Crippen molar-refractivity contribution in [1.29, 1.82) is 0 Å². The lowest BCUT2D eigenvalue weighted by molar-refractivity contribution is 0.192. The Morgan fingerprint density at radius 1 is 1.09 bits per heavy atom. The number of hydrogen-bond donors (Lipinski definition) is 0. The van der Waals surface area contributed by atoms with Gasteiger partial charge >= 0.3 is 0 Å². The maximum Gasteiger partial charge on any atom is 0.293 e. The number of benzene rings is 1. The van der Waals surface area contributed by atoms with E-state index in [1.165, 1.54) is 0 Å². The molecule has 0 saturated carbocycles. The summed E-state index contributed by atoms with van der Waals surface area (Å²) < 4.78 is 21.8. The fraction of sp³-hybridized carbons (Fsp3) is 0.250. The summed E-state index contributed by atoms with van der Waals surface area (Å²) in [5, 5.41) is 4.00. The molecule has 112 valence electrons. The predicted molar refractivity (Wildman–Crippen MR) is 76.7 cm³/mol. The van der Waals surface area contributed by atoms with Gasteiger partial charge in [0.1, 0.15) is 5.75 Å². The third kappa shape index (κ3) is 2.60. The topological polar surface area (TPSA) is 70.5 Å². The molecule has 0 radical (unpaired) electrons. The van der Waals surface area contributed by atoms with Crippen LogP contribution in [-0.2, 0) is 4.74 Å². The van der Waals surface area contributed by atoms with Crippen LogP contribution in [0.25, 0.3) is 11.7 Å². The molecule has 1 aromatic carbocycles. The van der Waals surface area contributed by atoms with Gasteiger partial charge in [-0.3, -0.25) is 0 Å². The van der Waals surface area contributed by atoms with Crippen LogP contribution >= 0.6 is 0 Å². The lowest BCUT2D eigenvalue weighted by Crippen LogP contribution is -1.99. The third-order valence-electron chi connectivity index (χ3n) is 3.49. The summed E-state index contributed by atoms with van der Waals surface area (Å²) in [6.45, 7) is 1.38. The summed E-state index contributed by atoms with van der Waals surface area (Å²) in [7, 11) is 0. The number of hydrogen-bond acceptors (Lipinski definition) is 6. The maximum atomic E-state index is 5.61. The summed E-state index contributed by atoms with van der Waals surface area (Å²) >= 11 is 0. The van der Waals surface area contributed by atoms with Crippen molar-refractivity contribution in [3.05, 3.63) is 48.3 Å². The Bertz CT molecular complexity index is 744. The third-order valence-corrected chi connectivity index (χ3v) is 3.49. The Hall–Kier alpha value is -2.60. The van der Waals surface area contributed by atoms with Crippen LogP contribution < -0.4 is 4.74 Å². The first-order valence-corrected chi connectivity index (χ1v) is 7.13. The number of para-hydroxylation sites is 1. The Balaban J connectivity index is 1.51. The van der Waals surface area contributed by atoms with Crippen LogP contribution in [0.15, 0.2) is 51.4 Å². The van der Waals surface area contributed by atoms with Gasteiger partial charge in [-0.25, -0.2) is 0 Å². The van der Waals surface area contributed by atoms with Gasteiger partial charge in [0.05, 0.1) is 6.61 Å². The Morgan fingerprint density at radius 3 is 2.82 bits per heavy atom. The SMILES string of the molecule is c1ccc(Oc2ccc(-c3nc(C4CCOC4)no3)o2)cc1. The molecule has 0 aliphatic carbocycles. The maximum absolute atomic E-state index is 5.61. The first kappa shape index (κ1) is 13.1. The van der Waals surface area contributed by atoms with Gasteiger partial charge in [0.2, 0.25) is 0 Å². The van der Waals surface area contributed by atoms with Gasteiger partial charge in [-0.05, 0) is 24.6 Å². The molecular formula is C16H14N2O4. The van der Waals surface area contributed by atoms with Gasteiger partial charge in [-0.2, -0.15) is 4.98 Å². The van der Waals surface area contributed by atoms with E-state index in [9.17, 15) is 0 Å². The highest BCUT2D eigenvalue weighted by Gasteiger charge is 2.24. The molecular weight excluding hydrogens is 284 g/mol. The van der Waals surface area contributed by atoms with Crippen LogP contribution in [0, 0.1) is 0 Å². The van der Waals surface area contributed by atoms with Gasteiger partial charge < -0.3 is 18.4 Å². The summed E-state index contributed by atoms with van der Waals surface area (Å²) in [6, 6.07) is 12.9. The molecule has 0 spiro atoms. The number of rotatable bonds is 4. The van der Waals surface area contributed by atoms with E-state index in [1.54, 1.807) is 12.1 Å². The quantitative estimate of drug-likeness (QED) is 0.732. The smallest absolute Gasteiger partial charge is 0.293 e. The highest BCUT2D eigenvalue weighted by Crippen LogP contribution is 2.30. The Kier molecular flexibility index (Phi) is 3.36. The Labute approximate surface area is 126 Å². The fourth-order valence-electron chi connectivity index (χ4n) is 2.33. The summed E-state index contributed by atoms with van der Waals surface area (Å²) in [4.78, 5) is 4.38. The van der Waals surface area contributed by atoms with Crippen LogP contribution in [0.4, 0.5) is 0 Å². The second-order valence-corrected chi connectivity index (χ2v) is 5.05. The van der Waals surface area contributed by atoms with Crippen molar-refractivity contribution in [2.24, 2.45) is 0 Å². The van der Waals surface area contributed by atoms with Gasteiger partial charge in [0, 0.05) is 18.6 Å². The van der Waals surface area contributed by atoms with Crippen molar-refractivity contribution >= 4 is 0 Å². The van der Waals surface area contributed by atoms with Crippen molar-refractivity contribution in [2.45, 2.75) is 12.3 Å². The van der Waals surface area contributed by atoms with Crippen LogP contribution in [0.1, 0.15) is 18.2 Å². The van der Waals surface area contributed by atoms with E-state index in [1.807, 2.05) is 30.3 Å². The normalized spacial score (nSPS) is 17.7. The van der Waals surface area contributed by atoms with Gasteiger partial charge in [0.25, 0.3) is 11.8 Å². The average molecular weight is 298 g/mol. The average Bonchev–Trinajstić information content (AvgIpc) is 3.29. The molecule has 1 aliphatic rings. The van der Waals surface area contributed by atoms with E-state index in [4.69, 9.17) is 18.4 Å². The van der Waals surface area contributed by atoms with Gasteiger partial charge in [-0.1, -0.05) is 23.4 Å². The molecule has 3 aromatic rings. The van der Waals surface area contributed by atoms with Crippen LogP contribution in [0.3, 0.4) is 0 Å². The molecule has 0 amide bonds. The lowest BCUT2D eigenvalue weighted by Gasteiger charge is -2.00. The molecule has 6 heteroatoms. The largest absolute Gasteiger partial charge is 0.426 e. The number of nitrogens with zero attached hydrogens (tertiary/aromatic N) is 2. The van der Waals surface area contributed by atoms with Gasteiger partial charge in [0.15, 0.2) is 11.6 Å². The van der Waals surface area contributed by atoms with E-state index < -0.39 is 0 Å². The predicted octanol–water partition coefficient (Wildman–Crippen LogP) is 3.63. The molecule has 0 N–H and O–H groups in total. The minimum atomic E-state index is 0.201. The van der Waals surface area contributed by atoms with E-state index in [0.29, 0.717) is 35.8 Å². The monoisotopic (exact) mass is 298 g/mol. The van der Waals surface area contributed by atoms with Crippen molar-refractivity contribution in [3.8, 4) is 23.3 Å². The standard InChI is InChI=1S/C16H14N2O4/c1-2-4-12(5-3-1)20-14-7-6-13(21-14)16-17-15(18-22-16)11-8-9-19-10-11/h1-7,11H,8-10H2. The first-order chi connectivity index (χ1) is 10.9. The molecule has 1 fully saturated rings. The number of ether oxygens (including phenoxy) is 2. The Morgan fingerprint density at radius 2 is 2.00 bits per heavy atom. The molecule has 1 saturated heterocycles. The molecule has 22 heavy (non-hydrogen) atoms. The summed E-state index contributed by atoms with van der Waals surface area (Å²) in [5.74, 6) is 2.79. The highest BCUT2D eigenvalue weighted by atomic mass is 16.6. The lowest BCUT2D eigenvalue weighted by atomic mass is 10.1. The van der Waals surface area contributed by atoms with Crippen molar-refractivity contribution in [1.82, 2.24) is 10.1 Å². The second kappa shape index (κ2) is 5.65. The zero-order valence-electron chi connectivity index (χ0n) is 11.8. The van der Waals surface area contributed by atoms with Crippen molar-refractivity contribution in [2.75, 3.05) is 13.2 Å². The van der Waals surface area contributed by atoms with E-state index in [0.717, 1.165) is 13.0 Å². The molecule has 4 rings (SSSR count). The number of aromatic nitrogens is 2. The molecule has 6 nitrogen and oxygen atoms in total. The highest BCUT2D eigenvalue weighted by molar-refractivity contribution is 5.45. The minimum absolute atomic E-state index is 0.201. The zero-order chi connectivity index (χ0) is 14.8. The van der Waals surface area contributed by atoms with E-state index in [2.05, 4.69) is 10.1 Å². The van der Waals surface area contributed by atoms with Crippen molar-refractivity contribution in [3.63, 3.8) is 0 Å². The van der Waals surface area contributed by atoms with E-state index >= 15 is 0 Å². The molecule has 3 heterocycles. The van der Waals surface area contributed by atoms with Crippen LogP contribution in [0.2, 0.25) is 0 Å². The second-order valence-electron chi connectivity index (χ2n) is 5.05. The zero-order valence-corrected chi connectivity index (χ0v) is 11.8. The molecule has 0 bridgehead atoms. The number of furan rings is 1.